The first-order valence-corrected chi connectivity index (χ1v) is 9.09. The molecular weight excluding hydrogens is 348 g/mol. The molecule has 1 fully saturated rings. The van der Waals surface area contributed by atoms with E-state index in [1.165, 1.54) is 4.90 Å². The summed E-state index contributed by atoms with van der Waals surface area (Å²) in [6.07, 6.45) is 0.229. The van der Waals surface area contributed by atoms with Crippen molar-refractivity contribution in [2.45, 2.75) is 51.7 Å². The monoisotopic (exact) mass is 372 g/mol. The summed E-state index contributed by atoms with van der Waals surface area (Å²) in [7, 11) is 0. The third kappa shape index (κ3) is 3.20. The van der Waals surface area contributed by atoms with Gasteiger partial charge in [-0.25, -0.2) is 11.4 Å². The highest BCUT2D eigenvalue weighted by molar-refractivity contribution is 5.87. The molecule has 3 atom stereocenters. The number of carbonyl (C=O) groups excluding carboxylic acids is 2. The van der Waals surface area contributed by atoms with Gasteiger partial charge in [0.05, 0.1) is 13.0 Å². The highest BCUT2D eigenvalue weighted by atomic mass is 16.7. The van der Waals surface area contributed by atoms with E-state index >= 15 is 0 Å². The molecular formula is C20H24N2O5. The molecule has 3 rings (SSSR count). The lowest BCUT2D eigenvalue weighted by Gasteiger charge is -2.31. The van der Waals surface area contributed by atoms with Crippen LogP contribution >= 0.6 is 0 Å². The first-order chi connectivity index (χ1) is 12.8. The number of likely N-dealkylation sites (tertiary alicyclic amines) is 1. The smallest absolute Gasteiger partial charge is 0.329 e. The lowest BCUT2D eigenvalue weighted by Crippen LogP contribution is -2.45. The minimum atomic E-state index is -0.949. The van der Waals surface area contributed by atoms with Crippen LogP contribution in [0.5, 0.6) is 11.5 Å². The van der Waals surface area contributed by atoms with E-state index in [1.807, 2.05) is 6.07 Å². The van der Waals surface area contributed by atoms with Gasteiger partial charge in [-0.05, 0) is 24.6 Å². The molecule has 2 heterocycles. The number of rotatable bonds is 4. The van der Waals surface area contributed by atoms with Crippen molar-refractivity contribution in [2.24, 2.45) is 5.92 Å². The molecule has 1 amide bonds. The van der Waals surface area contributed by atoms with Crippen molar-refractivity contribution in [3.05, 3.63) is 35.2 Å². The standard InChI is InChI=1S/C20H24N2O5/c1-6-25-19(24)14-10-20(4,21-5)17(22(14)18(23)12(2)3)13-7-8-15-16(9-13)27-11-26-15/h7-9,12,14,17H,6,10-11H2,1-4H3/t14-,17+,20+/m0/s1. The van der Waals surface area contributed by atoms with Crippen LogP contribution in [0.25, 0.3) is 4.85 Å². The lowest BCUT2D eigenvalue weighted by atomic mass is 9.87. The highest BCUT2D eigenvalue weighted by Crippen LogP contribution is 2.49. The van der Waals surface area contributed by atoms with Crippen LogP contribution in [0.15, 0.2) is 18.2 Å². The fourth-order valence-corrected chi connectivity index (χ4v) is 3.80. The van der Waals surface area contributed by atoms with Crippen molar-refractivity contribution >= 4 is 11.9 Å². The Balaban J connectivity index is 2.10. The van der Waals surface area contributed by atoms with Gasteiger partial charge in [0.2, 0.25) is 12.7 Å². The maximum Gasteiger partial charge on any atom is 0.329 e. The summed E-state index contributed by atoms with van der Waals surface area (Å²) in [4.78, 5) is 31.0. The van der Waals surface area contributed by atoms with E-state index in [0.29, 0.717) is 11.5 Å². The SMILES string of the molecule is [C-]#[N+][C@]1(C)C[C@@H](C(=O)OCC)N(C(=O)C(C)C)[C@@H]1c1ccc2c(c1)OCO2. The van der Waals surface area contributed by atoms with Crippen LogP contribution in [-0.4, -0.2) is 41.8 Å². The van der Waals surface area contributed by atoms with Gasteiger partial charge in [-0.2, -0.15) is 0 Å². The second-order valence-corrected chi connectivity index (χ2v) is 7.36. The van der Waals surface area contributed by atoms with Gasteiger partial charge in [0.1, 0.15) is 12.1 Å². The number of hydrogen-bond donors (Lipinski definition) is 0. The molecule has 0 spiro atoms. The number of amides is 1. The molecule has 0 N–H and O–H groups in total. The molecule has 0 saturated carbocycles. The van der Waals surface area contributed by atoms with Gasteiger partial charge in [0.15, 0.2) is 11.5 Å². The van der Waals surface area contributed by atoms with Gasteiger partial charge in [-0.1, -0.05) is 19.9 Å². The Morgan fingerprint density at radius 3 is 2.70 bits per heavy atom. The van der Waals surface area contributed by atoms with Crippen molar-refractivity contribution in [3.63, 3.8) is 0 Å². The largest absolute Gasteiger partial charge is 0.464 e. The number of carbonyl (C=O) groups is 2. The first-order valence-electron chi connectivity index (χ1n) is 9.09. The Morgan fingerprint density at radius 1 is 1.37 bits per heavy atom. The summed E-state index contributed by atoms with van der Waals surface area (Å²) in [5.41, 5.74) is -0.200. The van der Waals surface area contributed by atoms with Crippen molar-refractivity contribution in [1.82, 2.24) is 4.90 Å². The van der Waals surface area contributed by atoms with Gasteiger partial charge < -0.3 is 24.0 Å². The number of ether oxygens (including phenoxy) is 3. The van der Waals surface area contributed by atoms with E-state index in [4.69, 9.17) is 20.8 Å². The average Bonchev–Trinajstić information content (AvgIpc) is 3.23. The maximum atomic E-state index is 13.0. The van der Waals surface area contributed by atoms with E-state index < -0.39 is 23.6 Å². The quantitative estimate of drug-likeness (QED) is 0.600. The van der Waals surface area contributed by atoms with E-state index in [0.717, 1.165) is 5.56 Å². The summed E-state index contributed by atoms with van der Waals surface area (Å²) in [6, 6.07) is 4.04. The van der Waals surface area contributed by atoms with Crippen LogP contribution in [0.4, 0.5) is 0 Å². The number of nitrogens with zero attached hydrogens (tertiary/aromatic N) is 2. The maximum absolute atomic E-state index is 13.0. The van der Waals surface area contributed by atoms with Crippen molar-refractivity contribution in [2.75, 3.05) is 13.4 Å². The Morgan fingerprint density at radius 2 is 2.07 bits per heavy atom. The number of hydrogen-bond acceptors (Lipinski definition) is 5. The van der Waals surface area contributed by atoms with Crippen LogP contribution in [-0.2, 0) is 14.3 Å². The molecule has 27 heavy (non-hydrogen) atoms. The van der Waals surface area contributed by atoms with E-state index in [9.17, 15) is 9.59 Å². The molecule has 1 saturated heterocycles. The Bertz CT molecular complexity index is 800. The van der Waals surface area contributed by atoms with Crippen molar-refractivity contribution in [1.29, 1.82) is 0 Å². The number of fused-ring (bicyclic) bond motifs is 1. The summed E-state index contributed by atoms with van der Waals surface area (Å²) in [5, 5.41) is 0. The zero-order valence-corrected chi connectivity index (χ0v) is 16.0. The van der Waals surface area contributed by atoms with Crippen LogP contribution < -0.4 is 9.47 Å². The summed E-state index contributed by atoms with van der Waals surface area (Å²) >= 11 is 0. The summed E-state index contributed by atoms with van der Waals surface area (Å²) in [6.45, 7) is 15.2. The molecule has 7 nitrogen and oxygen atoms in total. The third-order valence-electron chi connectivity index (χ3n) is 5.08. The molecule has 0 radical (unpaired) electrons. The number of benzene rings is 1. The lowest BCUT2D eigenvalue weighted by molar-refractivity contribution is -0.155. The fourth-order valence-electron chi connectivity index (χ4n) is 3.80. The zero-order chi connectivity index (χ0) is 19.8. The molecule has 2 aliphatic heterocycles. The average molecular weight is 372 g/mol. The predicted molar refractivity (Wildman–Crippen MR) is 97.0 cm³/mol. The van der Waals surface area contributed by atoms with Gasteiger partial charge in [-0.3, -0.25) is 4.79 Å². The summed E-state index contributed by atoms with van der Waals surface area (Å²) in [5.74, 6) is 0.250. The van der Waals surface area contributed by atoms with Gasteiger partial charge in [-0.15, -0.1) is 0 Å². The van der Waals surface area contributed by atoms with E-state index in [-0.39, 0.29) is 31.6 Å². The Kier molecular flexibility index (Phi) is 5.01. The minimum absolute atomic E-state index is 0.142. The minimum Gasteiger partial charge on any atom is -0.464 e. The van der Waals surface area contributed by atoms with Crippen molar-refractivity contribution < 1.29 is 23.8 Å². The third-order valence-corrected chi connectivity index (χ3v) is 5.08. The second-order valence-electron chi connectivity index (χ2n) is 7.36. The van der Waals surface area contributed by atoms with Crippen LogP contribution in [0, 0.1) is 12.5 Å². The molecule has 0 aromatic heterocycles. The fraction of sp³-hybridized carbons (Fsp3) is 0.550. The van der Waals surface area contributed by atoms with Gasteiger partial charge in [0, 0.05) is 12.8 Å². The van der Waals surface area contributed by atoms with E-state index in [2.05, 4.69) is 4.85 Å². The molecule has 0 aliphatic carbocycles. The van der Waals surface area contributed by atoms with Crippen LogP contribution in [0.2, 0.25) is 0 Å². The molecule has 7 heteroatoms. The molecule has 2 aliphatic rings. The molecule has 1 aromatic carbocycles. The predicted octanol–water partition coefficient (Wildman–Crippen LogP) is 2.95. The molecule has 144 valence electrons. The van der Waals surface area contributed by atoms with Crippen LogP contribution in [0.1, 0.15) is 45.7 Å². The van der Waals surface area contributed by atoms with Gasteiger partial charge >= 0.3 is 5.97 Å². The van der Waals surface area contributed by atoms with Crippen molar-refractivity contribution in [3.8, 4) is 11.5 Å². The Labute approximate surface area is 159 Å². The normalized spacial score (nSPS) is 26.1. The van der Waals surface area contributed by atoms with Gasteiger partial charge in [0.25, 0.3) is 5.54 Å². The molecule has 0 unspecified atom stereocenters. The second kappa shape index (κ2) is 7.10. The molecule has 0 bridgehead atoms. The van der Waals surface area contributed by atoms with Crippen LogP contribution in [0.3, 0.4) is 0 Å². The summed E-state index contributed by atoms with van der Waals surface area (Å²) < 4.78 is 16.0. The molecule has 1 aromatic rings. The first kappa shape index (κ1) is 19.0. The van der Waals surface area contributed by atoms with E-state index in [1.54, 1.807) is 39.8 Å². The topological polar surface area (TPSA) is 69.4 Å². The number of esters is 1. The Hall–Kier alpha value is -2.75. The zero-order valence-electron chi connectivity index (χ0n) is 16.0. The highest BCUT2D eigenvalue weighted by Gasteiger charge is 2.60.